The van der Waals surface area contributed by atoms with E-state index in [1.165, 1.54) is 0 Å². The standard InChI is InChI=1S/C47H48N10O8/c1-46(2)34-22-28(8-10-31(34)44(63)65-46)49-45-48-24-33(39(52-45)50-35(25-58)27-6-4-3-5-7-27)41-54-53-38(64-41)14-18-55-19-15-47(16-20-55)17-21-56(26-47)29-9-11-30-32(23-29)43(62)57(42(30)61)36-12-13-37(59)51-40(36)60/h3-11,22-24,35-36,58H,12-21,25-26H2,1-2H3,(H,51,59,60)(H2,48,49,50,52)/t35-,36?/m1/s1. The third-order valence-corrected chi connectivity index (χ3v) is 13.5. The number of hydrogen-bond donors (Lipinski definition) is 4. The predicted molar refractivity (Wildman–Crippen MR) is 235 cm³/mol. The van der Waals surface area contributed by atoms with Crippen LogP contribution >= 0.6 is 0 Å². The quantitative estimate of drug-likeness (QED) is 0.0979. The van der Waals surface area contributed by atoms with Crippen molar-refractivity contribution in [3.63, 3.8) is 0 Å². The third-order valence-electron chi connectivity index (χ3n) is 13.5. The number of benzene rings is 3. The molecular formula is C47H48N10O8. The molecule has 3 aromatic carbocycles. The van der Waals surface area contributed by atoms with E-state index in [1.54, 1.807) is 30.5 Å². The van der Waals surface area contributed by atoms with Crippen LogP contribution < -0.4 is 20.9 Å². The molecule has 0 radical (unpaired) electrons. The van der Waals surface area contributed by atoms with E-state index in [0.29, 0.717) is 40.5 Å². The zero-order valence-corrected chi connectivity index (χ0v) is 36.0. The summed E-state index contributed by atoms with van der Waals surface area (Å²) in [5.41, 5.74) is 4.06. The summed E-state index contributed by atoms with van der Waals surface area (Å²) in [5.74, 6) is -1.04. The molecule has 65 heavy (non-hydrogen) atoms. The van der Waals surface area contributed by atoms with Gasteiger partial charge in [0.25, 0.3) is 17.7 Å². The molecule has 7 heterocycles. The molecule has 18 heteroatoms. The van der Waals surface area contributed by atoms with E-state index in [0.717, 1.165) is 73.7 Å². The van der Waals surface area contributed by atoms with Gasteiger partial charge in [0.05, 0.1) is 34.9 Å². The SMILES string of the molecule is CC1(C)OC(=O)c2ccc(Nc3ncc(-c4nnc(CCN5CCC6(CC5)CCN(c5ccc7c(c5)C(=O)N(C5CCC(=O)NC5=O)C7=O)C6)o4)c(N[C@H](CO)c4ccccc4)n3)cc21. The fourth-order valence-corrected chi connectivity index (χ4v) is 9.75. The number of cyclic esters (lactones) is 1. The van der Waals surface area contributed by atoms with Gasteiger partial charge in [-0.05, 0) is 100.0 Å². The van der Waals surface area contributed by atoms with Crippen LogP contribution in [0.3, 0.4) is 0 Å². The monoisotopic (exact) mass is 880 g/mol. The highest BCUT2D eigenvalue weighted by Crippen LogP contribution is 2.43. The largest absolute Gasteiger partial charge is 0.451 e. The lowest BCUT2D eigenvalue weighted by molar-refractivity contribution is -0.136. The van der Waals surface area contributed by atoms with Crippen LogP contribution in [-0.4, -0.2) is 110 Å². The van der Waals surface area contributed by atoms with Crippen LogP contribution in [0, 0.1) is 5.41 Å². The number of nitrogens with one attached hydrogen (secondary N) is 3. The molecule has 2 atom stereocenters. The molecule has 5 aromatic rings. The van der Waals surface area contributed by atoms with E-state index in [9.17, 15) is 29.1 Å². The Morgan fingerprint density at radius 1 is 0.892 bits per heavy atom. The number of carbonyl (C=O) groups is 5. The molecule has 18 nitrogen and oxygen atoms in total. The Morgan fingerprint density at radius 2 is 1.66 bits per heavy atom. The van der Waals surface area contributed by atoms with Gasteiger partial charge in [-0.15, -0.1) is 10.2 Å². The van der Waals surface area contributed by atoms with E-state index in [2.05, 4.69) is 40.9 Å². The summed E-state index contributed by atoms with van der Waals surface area (Å²) in [7, 11) is 0. The Morgan fingerprint density at radius 3 is 2.45 bits per heavy atom. The minimum atomic E-state index is -0.996. The minimum Gasteiger partial charge on any atom is -0.451 e. The summed E-state index contributed by atoms with van der Waals surface area (Å²) in [5, 5.41) is 28.1. The number of aromatic nitrogens is 4. The van der Waals surface area contributed by atoms with Crippen LogP contribution in [0.15, 0.2) is 77.3 Å². The molecule has 5 aliphatic heterocycles. The predicted octanol–water partition coefficient (Wildman–Crippen LogP) is 4.76. The lowest BCUT2D eigenvalue weighted by Gasteiger charge is -2.39. The number of aliphatic hydroxyl groups is 1. The van der Waals surface area contributed by atoms with Gasteiger partial charge in [0.1, 0.15) is 17.5 Å². The fourth-order valence-electron chi connectivity index (χ4n) is 9.75. The molecule has 334 valence electrons. The number of ether oxygens (including phenoxy) is 1. The number of anilines is 4. The molecule has 4 N–H and O–H groups in total. The van der Waals surface area contributed by atoms with E-state index in [-0.39, 0.29) is 48.2 Å². The van der Waals surface area contributed by atoms with Gasteiger partial charge in [-0.1, -0.05) is 30.3 Å². The molecule has 0 aliphatic carbocycles. The van der Waals surface area contributed by atoms with E-state index >= 15 is 0 Å². The summed E-state index contributed by atoms with van der Waals surface area (Å²) in [4.78, 5) is 78.4. The van der Waals surface area contributed by atoms with Crippen molar-refractivity contribution in [1.29, 1.82) is 0 Å². The van der Waals surface area contributed by atoms with Crippen molar-refractivity contribution in [2.75, 3.05) is 54.9 Å². The van der Waals surface area contributed by atoms with Gasteiger partial charge in [-0.3, -0.25) is 29.4 Å². The van der Waals surface area contributed by atoms with Crippen LogP contribution in [0.4, 0.5) is 23.1 Å². The third kappa shape index (κ3) is 7.96. The number of esters is 1. The van der Waals surface area contributed by atoms with E-state index in [4.69, 9.17) is 14.1 Å². The molecule has 0 bridgehead atoms. The molecule has 4 amide bonds. The number of likely N-dealkylation sites (tertiary alicyclic amines) is 1. The highest BCUT2D eigenvalue weighted by Gasteiger charge is 2.46. The first-order chi connectivity index (χ1) is 31.4. The lowest BCUT2D eigenvalue weighted by atomic mass is 9.78. The number of fused-ring (bicyclic) bond motifs is 2. The second-order valence-electron chi connectivity index (χ2n) is 18.0. The van der Waals surface area contributed by atoms with Crippen LogP contribution in [0.2, 0.25) is 0 Å². The van der Waals surface area contributed by atoms with Gasteiger partial charge in [0.2, 0.25) is 23.7 Å². The molecule has 2 aromatic heterocycles. The van der Waals surface area contributed by atoms with Gasteiger partial charge in [0.15, 0.2) is 0 Å². The molecule has 3 saturated heterocycles. The number of rotatable bonds is 12. The molecule has 1 unspecified atom stereocenters. The average molecular weight is 881 g/mol. The highest BCUT2D eigenvalue weighted by molar-refractivity contribution is 6.23. The second kappa shape index (κ2) is 16.5. The molecular weight excluding hydrogens is 833 g/mol. The minimum absolute atomic E-state index is 0.0757. The van der Waals surface area contributed by atoms with Gasteiger partial charge in [-0.2, -0.15) is 4.98 Å². The van der Waals surface area contributed by atoms with Crippen molar-refractivity contribution in [1.82, 2.24) is 35.3 Å². The summed E-state index contributed by atoms with van der Waals surface area (Å²) in [6.45, 7) is 7.66. The average Bonchev–Trinajstić information content (AvgIpc) is 4.06. The smallest absolute Gasteiger partial charge is 0.339 e. The van der Waals surface area contributed by atoms with Crippen molar-refractivity contribution in [3.05, 3.63) is 107 Å². The highest BCUT2D eigenvalue weighted by atomic mass is 16.6. The number of aliphatic hydroxyl groups excluding tert-OH is 1. The Labute approximate surface area is 373 Å². The zero-order valence-electron chi connectivity index (χ0n) is 36.0. The van der Waals surface area contributed by atoms with Gasteiger partial charge < -0.3 is 34.7 Å². The summed E-state index contributed by atoms with van der Waals surface area (Å²) in [6.07, 6.45) is 5.34. The Kier molecular flexibility index (Phi) is 10.6. The van der Waals surface area contributed by atoms with Crippen molar-refractivity contribution >= 4 is 52.7 Å². The first kappa shape index (κ1) is 41.9. The van der Waals surface area contributed by atoms with Crippen molar-refractivity contribution in [2.45, 2.75) is 70.1 Å². The van der Waals surface area contributed by atoms with Crippen LogP contribution in [0.25, 0.3) is 11.5 Å². The van der Waals surface area contributed by atoms with Crippen LogP contribution in [0.5, 0.6) is 0 Å². The van der Waals surface area contributed by atoms with Crippen molar-refractivity contribution < 1.29 is 38.2 Å². The molecule has 5 aliphatic rings. The number of piperidine rings is 2. The topological polar surface area (TPSA) is 225 Å². The lowest BCUT2D eigenvalue weighted by Crippen LogP contribution is -2.54. The molecule has 10 rings (SSSR count). The number of nitrogens with zero attached hydrogens (tertiary/aromatic N) is 7. The normalized spacial score (nSPS) is 20.5. The van der Waals surface area contributed by atoms with Crippen molar-refractivity contribution in [2.24, 2.45) is 5.41 Å². The summed E-state index contributed by atoms with van der Waals surface area (Å²) >= 11 is 0. The van der Waals surface area contributed by atoms with Gasteiger partial charge in [-0.25, -0.2) is 9.78 Å². The Balaban J connectivity index is 0.782. The Bertz CT molecular complexity index is 2730. The van der Waals surface area contributed by atoms with Gasteiger partial charge in [0, 0.05) is 55.6 Å². The van der Waals surface area contributed by atoms with E-state index < -0.39 is 41.3 Å². The van der Waals surface area contributed by atoms with Crippen molar-refractivity contribution in [3.8, 4) is 11.5 Å². The Hall–Kier alpha value is -7.05. The van der Waals surface area contributed by atoms with Gasteiger partial charge >= 0.3 is 5.97 Å². The number of amides is 4. The number of hydrogen-bond acceptors (Lipinski definition) is 16. The van der Waals surface area contributed by atoms with Crippen LogP contribution in [0.1, 0.15) is 100 Å². The molecule has 0 saturated carbocycles. The zero-order chi connectivity index (χ0) is 45.0. The maximum atomic E-state index is 13.5. The first-order valence-corrected chi connectivity index (χ1v) is 22.0. The first-order valence-electron chi connectivity index (χ1n) is 22.0. The maximum absolute atomic E-state index is 13.5. The second-order valence-corrected chi connectivity index (χ2v) is 18.0. The summed E-state index contributed by atoms with van der Waals surface area (Å²) in [6, 6.07) is 18.7. The number of imide groups is 2. The fraction of sp³-hybridized carbons (Fsp3) is 0.383. The molecule has 1 spiro atoms. The van der Waals surface area contributed by atoms with Crippen LogP contribution in [-0.2, 0) is 26.3 Å². The number of carbonyl (C=O) groups excluding carboxylic acids is 5. The summed E-state index contributed by atoms with van der Waals surface area (Å²) < 4.78 is 11.8. The maximum Gasteiger partial charge on any atom is 0.339 e. The van der Waals surface area contributed by atoms with E-state index in [1.807, 2.05) is 56.3 Å². The molecule has 3 fully saturated rings.